The Hall–Kier alpha value is -2.56. The predicted molar refractivity (Wildman–Crippen MR) is 88.2 cm³/mol. The van der Waals surface area contributed by atoms with E-state index in [2.05, 4.69) is 27.4 Å². The minimum atomic E-state index is 0.245. The molecule has 1 aliphatic carbocycles. The SMILES string of the molecule is CCOc1ccc([C@@H]2C[C@H]2N=C(N)Nc2ccccn2)cc1. The van der Waals surface area contributed by atoms with Gasteiger partial charge in [-0.2, -0.15) is 0 Å². The monoisotopic (exact) mass is 296 g/mol. The van der Waals surface area contributed by atoms with Crippen molar-refractivity contribution in [3.8, 4) is 5.75 Å². The van der Waals surface area contributed by atoms with Crippen LogP contribution in [0.3, 0.4) is 0 Å². The summed E-state index contributed by atoms with van der Waals surface area (Å²) in [5.74, 6) is 2.47. The number of anilines is 1. The van der Waals surface area contributed by atoms with Crippen molar-refractivity contribution in [1.82, 2.24) is 4.98 Å². The number of aliphatic imine (C=N–C) groups is 1. The van der Waals surface area contributed by atoms with Gasteiger partial charge in [0, 0.05) is 12.1 Å². The van der Waals surface area contributed by atoms with E-state index >= 15 is 0 Å². The van der Waals surface area contributed by atoms with Crippen molar-refractivity contribution in [2.75, 3.05) is 11.9 Å². The molecule has 1 saturated carbocycles. The third-order valence-corrected chi connectivity index (χ3v) is 3.60. The minimum Gasteiger partial charge on any atom is -0.494 e. The Morgan fingerprint density at radius 2 is 2.14 bits per heavy atom. The number of benzene rings is 1. The van der Waals surface area contributed by atoms with E-state index in [-0.39, 0.29) is 6.04 Å². The molecule has 3 N–H and O–H groups in total. The van der Waals surface area contributed by atoms with Crippen molar-refractivity contribution >= 4 is 11.8 Å². The quantitative estimate of drug-likeness (QED) is 0.657. The van der Waals surface area contributed by atoms with E-state index in [9.17, 15) is 0 Å². The molecule has 3 rings (SSSR count). The number of nitrogens with zero attached hydrogens (tertiary/aromatic N) is 2. The van der Waals surface area contributed by atoms with Gasteiger partial charge in [-0.1, -0.05) is 18.2 Å². The molecular formula is C17H20N4O. The lowest BCUT2D eigenvalue weighted by Crippen LogP contribution is -2.23. The van der Waals surface area contributed by atoms with Crippen LogP contribution in [0.5, 0.6) is 5.75 Å². The second-order valence-corrected chi connectivity index (χ2v) is 5.27. The van der Waals surface area contributed by atoms with E-state index in [0.29, 0.717) is 24.3 Å². The topological polar surface area (TPSA) is 72.5 Å². The molecule has 1 aromatic carbocycles. The van der Waals surface area contributed by atoms with Crippen LogP contribution in [0.2, 0.25) is 0 Å². The molecule has 1 heterocycles. The molecule has 1 fully saturated rings. The van der Waals surface area contributed by atoms with Crippen molar-refractivity contribution in [2.45, 2.75) is 25.3 Å². The van der Waals surface area contributed by atoms with Crippen molar-refractivity contribution in [3.05, 3.63) is 54.2 Å². The highest BCUT2D eigenvalue weighted by Gasteiger charge is 2.38. The van der Waals surface area contributed by atoms with Crippen LogP contribution in [0.15, 0.2) is 53.7 Å². The average Bonchev–Trinajstić information content (AvgIpc) is 3.28. The summed E-state index contributed by atoms with van der Waals surface area (Å²) in [6, 6.07) is 14.1. The first kappa shape index (κ1) is 14.4. The molecule has 0 bridgehead atoms. The molecule has 2 aromatic rings. The number of pyridine rings is 1. The van der Waals surface area contributed by atoms with Crippen LogP contribution in [0, 0.1) is 0 Å². The van der Waals surface area contributed by atoms with E-state index in [1.54, 1.807) is 6.20 Å². The fourth-order valence-electron chi connectivity index (χ4n) is 2.44. The number of nitrogens with one attached hydrogen (secondary N) is 1. The fourth-order valence-corrected chi connectivity index (χ4v) is 2.44. The number of rotatable bonds is 5. The molecule has 0 aliphatic heterocycles. The zero-order chi connectivity index (χ0) is 15.4. The first-order valence-corrected chi connectivity index (χ1v) is 7.50. The average molecular weight is 296 g/mol. The second-order valence-electron chi connectivity index (χ2n) is 5.27. The van der Waals surface area contributed by atoms with Gasteiger partial charge in [0.15, 0.2) is 5.96 Å². The Bertz CT molecular complexity index is 639. The molecular weight excluding hydrogens is 276 g/mol. The molecule has 22 heavy (non-hydrogen) atoms. The Labute approximate surface area is 130 Å². The lowest BCUT2D eigenvalue weighted by molar-refractivity contribution is 0.340. The van der Waals surface area contributed by atoms with Crippen molar-refractivity contribution in [3.63, 3.8) is 0 Å². The van der Waals surface area contributed by atoms with Gasteiger partial charge in [-0.3, -0.25) is 0 Å². The fraction of sp³-hybridized carbons (Fsp3) is 0.294. The van der Waals surface area contributed by atoms with Crippen LogP contribution in [0.25, 0.3) is 0 Å². The molecule has 0 spiro atoms. The molecule has 5 nitrogen and oxygen atoms in total. The number of hydrogen-bond acceptors (Lipinski definition) is 3. The number of guanidine groups is 1. The first-order valence-electron chi connectivity index (χ1n) is 7.50. The molecule has 2 atom stereocenters. The van der Waals surface area contributed by atoms with E-state index in [4.69, 9.17) is 10.5 Å². The van der Waals surface area contributed by atoms with Gasteiger partial charge in [0.2, 0.25) is 0 Å². The standard InChI is InChI=1S/C17H20N4O/c1-2-22-13-8-6-12(7-9-13)14-11-15(14)20-17(18)21-16-5-3-4-10-19-16/h3-10,14-15H,2,11H2,1H3,(H3,18,19,20,21)/t14-,15+/m0/s1. The predicted octanol–water partition coefficient (Wildman–Crippen LogP) is 2.76. The Kier molecular flexibility index (Phi) is 4.23. The summed E-state index contributed by atoms with van der Waals surface area (Å²) in [4.78, 5) is 8.68. The van der Waals surface area contributed by atoms with E-state index < -0.39 is 0 Å². The summed E-state index contributed by atoms with van der Waals surface area (Å²) in [5, 5.41) is 3.01. The van der Waals surface area contributed by atoms with Gasteiger partial charge in [-0.25, -0.2) is 9.98 Å². The second kappa shape index (κ2) is 6.47. The largest absolute Gasteiger partial charge is 0.494 e. The van der Waals surface area contributed by atoms with Crippen molar-refractivity contribution < 1.29 is 4.74 Å². The highest BCUT2D eigenvalue weighted by atomic mass is 16.5. The molecule has 0 saturated heterocycles. The van der Waals surface area contributed by atoms with Crippen LogP contribution >= 0.6 is 0 Å². The van der Waals surface area contributed by atoms with Gasteiger partial charge in [0.25, 0.3) is 0 Å². The molecule has 0 radical (unpaired) electrons. The van der Waals surface area contributed by atoms with E-state index in [1.165, 1.54) is 5.56 Å². The third kappa shape index (κ3) is 3.55. The first-order chi connectivity index (χ1) is 10.8. The maximum atomic E-state index is 5.93. The Balaban J connectivity index is 1.58. The lowest BCUT2D eigenvalue weighted by Gasteiger charge is -2.05. The molecule has 1 aromatic heterocycles. The molecule has 114 valence electrons. The number of aromatic nitrogens is 1. The Morgan fingerprint density at radius 1 is 1.32 bits per heavy atom. The van der Waals surface area contributed by atoms with Gasteiger partial charge in [-0.05, 0) is 43.2 Å². The van der Waals surface area contributed by atoms with Gasteiger partial charge in [-0.15, -0.1) is 0 Å². The summed E-state index contributed by atoms with van der Waals surface area (Å²) >= 11 is 0. The summed E-state index contributed by atoms with van der Waals surface area (Å²) < 4.78 is 5.45. The molecule has 1 aliphatic rings. The number of ether oxygens (including phenoxy) is 1. The van der Waals surface area contributed by atoms with Crippen LogP contribution in [0.1, 0.15) is 24.8 Å². The van der Waals surface area contributed by atoms with Gasteiger partial charge in [0.1, 0.15) is 11.6 Å². The summed E-state index contributed by atoms with van der Waals surface area (Å²) in [5.41, 5.74) is 7.21. The maximum absolute atomic E-state index is 5.93. The van der Waals surface area contributed by atoms with E-state index in [0.717, 1.165) is 12.2 Å². The Morgan fingerprint density at radius 3 is 2.82 bits per heavy atom. The summed E-state index contributed by atoms with van der Waals surface area (Å²) in [6.45, 7) is 2.67. The normalized spacial score (nSPS) is 20.5. The van der Waals surface area contributed by atoms with Gasteiger partial charge in [0.05, 0.1) is 12.6 Å². The maximum Gasteiger partial charge on any atom is 0.194 e. The number of hydrogen-bond donors (Lipinski definition) is 2. The van der Waals surface area contributed by atoms with Crippen molar-refractivity contribution in [1.29, 1.82) is 0 Å². The third-order valence-electron chi connectivity index (χ3n) is 3.60. The smallest absolute Gasteiger partial charge is 0.194 e. The van der Waals surface area contributed by atoms with E-state index in [1.807, 2.05) is 37.3 Å². The zero-order valence-electron chi connectivity index (χ0n) is 12.6. The number of nitrogens with two attached hydrogens (primary N) is 1. The highest BCUT2D eigenvalue weighted by Crippen LogP contribution is 2.43. The van der Waals surface area contributed by atoms with Gasteiger partial charge < -0.3 is 15.8 Å². The van der Waals surface area contributed by atoms with Crippen LogP contribution < -0.4 is 15.8 Å². The lowest BCUT2D eigenvalue weighted by atomic mass is 10.1. The summed E-state index contributed by atoms with van der Waals surface area (Å²) in [6.07, 6.45) is 2.74. The zero-order valence-corrected chi connectivity index (χ0v) is 12.6. The highest BCUT2D eigenvalue weighted by molar-refractivity contribution is 5.91. The molecule has 5 heteroatoms. The van der Waals surface area contributed by atoms with Crippen LogP contribution in [0.4, 0.5) is 5.82 Å². The molecule has 0 unspecified atom stereocenters. The minimum absolute atomic E-state index is 0.245. The van der Waals surface area contributed by atoms with Crippen LogP contribution in [-0.2, 0) is 0 Å². The van der Waals surface area contributed by atoms with Crippen molar-refractivity contribution in [2.24, 2.45) is 10.7 Å². The summed E-state index contributed by atoms with van der Waals surface area (Å²) in [7, 11) is 0. The van der Waals surface area contributed by atoms with Crippen LogP contribution in [-0.4, -0.2) is 23.6 Å². The molecule has 0 amide bonds. The van der Waals surface area contributed by atoms with Gasteiger partial charge >= 0.3 is 0 Å².